The number of hydrogen-bond acceptors (Lipinski definition) is 3. The summed E-state index contributed by atoms with van der Waals surface area (Å²) in [6.07, 6.45) is -0.568. The molecule has 2 atom stereocenters. The molecule has 0 radical (unpaired) electrons. The van der Waals surface area contributed by atoms with Crippen LogP contribution in [-0.2, 0) is 4.79 Å². The van der Waals surface area contributed by atoms with Gasteiger partial charge in [-0.25, -0.2) is 4.39 Å². The van der Waals surface area contributed by atoms with E-state index in [0.29, 0.717) is 18.0 Å². The first-order chi connectivity index (χ1) is 8.04. The van der Waals surface area contributed by atoms with Crippen LogP contribution in [-0.4, -0.2) is 24.6 Å². The van der Waals surface area contributed by atoms with Crippen molar-refractivity contribution < 1.29 is 13.9 Å². The van der Waals surface area contributed by atoms with Crippen molar-refractivity contribution in [3.05, 3.63) is 24.0 Å². The van der Waals surface area contributed by atoms with E-state index in [1.165, 1.54) is 23.1 Å². The first kappa shape index (κ1) is 11.9. The van der Waals surface area contributed by atoms with E-state index in [2.05, 4.69) is 0 Å². The maximum absolute atomic E-state index is 13.2. The molecule has 0 bridgehead atoms. The van der Waals surface area contributed by atoms with Gasteiger partial charge >= 0.3 is 0 Å². The summed E-state index contributed by atoms with van der Waals surface area (Å²) >= 11 is 0. The molecule has 2 N–H and O–H groups in total. The second kappa shape index (κ2) is 4.33. The number of carbonyl (C=O) groups excluding carboxylic acids is 1. The van der Waals surface area contributed by atoms with Gasteiger partial charge in [0.25, 0.3) is 5.91 Å². The Kier molecular flexibility index (Phi) is 3.02. The Bertz CT molecular complexity index is 450. The molecular weight excluding hydrogens is 223 g/mol. The zero-order valence-electron chi connectivity index (χ0n) is 9.81. The monoisotopic (exact) mass is 238 g/mol. The number of ether oxygens (including phenoxy) is 1. The molecule has 1 aromatic rings. The number of fused-ring (bicyclic) bond motifs is 1. The predicted octanol–water partition coefficient (Wildman–Crippen LogP) is 1.29. The van der Waals surface area contributed by atoms with E-state index in [4.69, 9.17) is 10.5 Å². The van der Waals surface area contributed by atoms with Crippen molar-refractivity contribution in [2.45, 2.75) is 26.0 Å². The quantitative estimate of drug-likeness (QED) is 0.844. The van der Waals surface area contributed by atoms with Crippen molar-refractivity contribution >= 4 is 11.6 Å². The molecule has 1 aliphatic heterocycles. The molecule has 1 heterocycles. The van der Waals surface area contributed by atoms with Gasteiger partial charge in [0.1, 0.15) is 11.6 Å². The number of rotatable bonds is 2. The van der Waals surface area contributed by atoms with Gasteiger partial charge in [-0.2, -0.15) is 0 Å². The van der Waals surface area contributed by atoms with E-state index in [0.717, 1.165) is 0 Å². The summed E-state index contributed by atoms with van der Waals surface area (Å²) in [7, 11) is 0. The Morgan fingerprint density at radius 1 is 1.59 bits per heavy atom. The van der Waals surface area contributed by atoms with Gasteiger partial charge in [-0.05, 0) is 26.0 Å². The summed E-state index contributed by atoms with van der Waals surface area (Å²) in [4.78, 5) is 13.5. The number of anilines is 1. The highest BCUT2D eigenvalue weighted by Crippen LogP contribution is 2.35. The maximum Gasteiger partial charge on any atom is 0.268 e. The molecule has 0 saturated heterocycles. The van der Waals surface area contributed by atoms with E-state index >= 15 is 0 Å². The summed E-state index contributed by atoms with van der Waals surface area (Å²) in [6.45, 7) is 3.81. The van der Waals surface area contributed by atoms with E-state index in [9.17, 15) is 9.18 Å². The van der Waals surface area contributed by atoms with Gasteiger partial charge in [-0.15, -0.1) is 0 Å². The van der Waals surface area contributed by atoms with Crippen LogP contribution in [0.4, 0.5) is 10.1 Å². The first-order valence-electron chi connectivity index (χ1n) is 5.54. The van der Waals surface area contributed by atoms with Crippen molar-refractivity contribution in [2.24, 2.45) is 5.73 Å². The zero-order chi connectivity index (χ0) is 12.6. The van der Waals surface area contributed by atoms with Crippen molar-refractivity contribution in [1.82, 2.24) is 0 Å². The van der Waals surface area contributed by atoms with Gasteiger partial charge in [0.05, 0.1) is 5.69 Å². The van der Waals surface area contributed by atoms with Crippen LogP contribution in [0.3, 0.4) is 0 Å². The SMILES string of the molecule is CC1Oc2ccc(F)cc2N(C(C)CN)C1=O. The largest absolute Gasteiger partial charge is 0.479 e. The summed E-state index contributed by atoms with van der Waals surface area (Å²) in [5.74, 6) is -0.0798. The molecule has 17 heavy (non-hydrogen) atoms. The summed E-state index contributed by atoms with van der Waals surface area (Å²) < 4.78 is 18.7. The van der Waals surface area contributed by atoms with Crippen LogP contribution in [0.15, 0.2) is 18.2 Å². The number of carbonyl (C=O) groups is 1. The van der Waals surface area contributed by atoms with Gasteiger partial charge in [0, 0.05) is 18.7 Å². The fourth-order valence-electron chi connectivity index (χ4n) is 1.89. The lowest BCUT2D eigenvalue weighted by atomic mass is 10.1. The van der Waals surface area contributed by atoms with Crippen molar-refractivity contribution in [1.29, 1.82) is 0 Å². The third kappa shape index (κ3) is 1.98. The van der Waals surface area contributed by atoms with Crippen LogP contribution >= 0.6 is 0 Å². The number of benzene rings is 1. The minimum atomic E-state index is -0.568. The van der Waals surface area contributed by atoms with Crippen LogP contribution < -0.4 is 15.4 Å². The van der Waals surface area contributed by atoms with Crippen molar-refractivity contribution in [2.75, 3.05) is 11.4 Å². The van der Waals surface area contributed by atoms with Crippen LogP contribution in [0, 0.1) is 5.82 Å². The standard InChI is InChI=1S/C12H15FN2O2/c1-7(6-14)15-10-5-9(13)3-4-11(10)17-8(2)12(15)16/h3-5,7-8H,6,14H2,1-2H3. The second-order valence-corrected chi connectivity index (χ2v) is 4.17. The molecular formula is C12H15FN2O2. The van der Waals surface area contributed by atoms with Gasteiger partial charge < -0.3 is 15.4 Å². The normalized spacial score (nSPS) is 20.8. The molecule has 2 unspecified atom stereocenters. The summed E-state index contributed by atoms with van der Waals surface area (Å²) in [5, 5.41) is 0. The molecule has 4 nitrogen and oxygen atoms in total. The average Bonchev–Trinajstić information content (AvgIpc) is 2.31. The van der Waals surface area contributed by atoms with Gasteiger partial charge in [0.2, 0.25) is 0 Å². The fraction of sp³-hybridized carbons (Fsp3) is 0.417. The lowest BCUT2D eigenvalue weighted by molar-refractivity contribution is -0.126. The Balaban J connectivity index is 2.50. The van der Waals surface area contributed by atoms with Gasteiger partial charge in [-0.1, -0.05) is 0 Å². The average molecular weight is 238 g/mol. The number of nitrogens with zero attached hydrogens (tertiary/aromatic N) is 1. The molecule has 1 amide bonds. The van der Waals surface area contributed by atoms with E-state index in [1.54, 1.807) is 6.92 Å². The number of amides is 1. The highest BCUT2D eigenvalue weighted by molar-refractivity contribution is 6.00. The Morgan fingerprint density at radius 2 is 2.29 bits per heavy atom. The Morgan fingerprint density at radius 3 is 2.94 bits per heavy atom. The molecule has 2 rings (SSSR count). The first-order valence-corrected chi connectivity index (χ1v) is 5.54. The van der Waals surface area contributed by atoms with Crippen molar-refractivity contribution in [3.8, 4) is 5.75 Å². The van der Waals surface area contributed by atoms with Crippen LogP contribution in [0.5, 0.6) is 5.75 Å². The predicted molar refractivity (Wildman–Crippen MR) is 62.5 cm³/mol. The van der Waals surface area contributed by atoms with E-state index < -0.39 is 11.9 Å². The molecule has 0 aliphatic carbocycles. The summed E-state index contributed by atoms with van der Waals surface area (Å²) in [5.41, 5.74) is 6.03. The molecule has 1 aromatic carbocycles. The fourth-order valence-corrected chi connectivity index (χ4v) is 1.89. The third-order valence-electron chi connectivity index (χ3n) is 2.85. The van der Waals surface area contributed by atoms with Crippen LogP contribution in [0.1, 0.15) is 13.8 Å². The highest BCUT2D eigenvalue weighted by atomic mass is 19.1. The molecule has 1 aliphatic rings. The molecule has 92 valence electrons. The number of halogens is 1. The smallest absolute Gasteiger partial charge is 0.268 e. The topological polar surface area (TPSA) is 55.6 Å². The second-order valence-electron chi connectivity index (χ2n) is 4.17. The zero-order valence-corrected chi connectivity index (χ0v) is 9.81. The van der Waals surface area contributed by atoms with Gasteiger partial charge in [-0.3, -0.25) is 4.79 Å². The minimum Gasteiger partial charge on any atom is -0.479 e. The number of hydrogen-bond donors (Lipinski definition) is 1. The van der Waals surface area contributed by atoms with Crippen LogP contribution in [0.25, 0.3) is 0 Å². The molecule has 0 spiro atoms. The Labute approximate surface area is 99.2 Å². The lowest BCUT2D eigenvalue weighted by Gasteiger charge is -2.36. The van der Waals surface area contributed by atoms with Crippen molar-refractivity contribution in [3.63, 3.8) is 0 Å². The summed E-state index contributed by atoms with van der Waals surface area (Å²) in [6, 6.07) is 3.95. The maximum atomic E-state index is 13.2. The van der Waals surface area contributed by atoms with E-state index in [-0.39, 0.29) is 11.9 Å². The lowest BCUT2D eigenvalue weighted by Crippen LogP contribution is -2.51. The van der Waals surface area contributed by atoms with E-state index in [1.807, 2.05) is 6.92 Å². The minimum absolute atomic E-state index is 0.186. The molecule has 5 heteroatoms. The highest BCUT2D eigenvalue weighted by Gasteiger charge is 2.34. The number of nitrogens with two attached hydrogens (primary N) is 1. The molecule has 0 saturated carbocycles. The molecule has 0 fully saturated rings. The molecule has 0 aromatic heterocycles. The van der Waals surface area contributed by atoms with Crippen LogP contribution in [0.2, 0.25) is 0 Å². The third-order valence-corrected chi connectivity index (χ3v) is 2.85. The Hall–Kier alpha value is -1.62. The van der Waals surface area contributed by atoms with Gasteiger partial charge in [0.15, 0.2) is 6.10 Å².